The molecule has 1 aromatic heterocycles. The van der Waals surface area contributed by atoms with Crippen molar-refractivity contribution in [1.82, 2.24) is 4.57 Å². The Morgan fingerprint density at radius 1 is 0.912 bits per heavy atom. The van der Waals surface area contributed by atoms with Crippen LogP contribution < -0.4 is 18.9 Å². The number of carbonyl (C=O) groups is 2. The molecule has 0 bridgehead atoms. The fraction of sp³-hybridized carbons (Fsp3) is 0.308. The van der Waals surface area contributed by atoms with Crippen molar-refractivity contribution in [2.45, 2.75) is 32.6 Å². The number of nitrogens with zero attached hydrogens (tertiary/aromatic N) is 1. The number of ketones is 1. The first-order chi connectivity index (χ1) is 16.5. The highest BCUT2D eigenvalue weighted by Crippen LogP contribution is 2.32. The van der Waals surface area contributed by atoms with Crippen LogP contribution in [0.25, 0.3) is 0 Å². The topological polar surface area (TPSA) is 85.2 Å². The normalized spacial score (nSPS) is 18.3. The molecule has 0 unspecified atom stereocenters. The summed E-state index contributed by atoms with van der Waals surface area (Å²) in [6.07, 6.45) is -1.10. The maximum absolute atomic E-state index is 12.9. The van der Waals surface area contributed by atoms with Crippen molar-refractivity contribution in [3.8, 4) is 23.0 Å². The van der Waals surface area contributed by atoms with Crippen molar-refractivity contribution in [3.63, 3.8) is 0 Å². The van der Waals surface area contributed by atoms with Gasteiger partial charge in [-0.25, -0.2) is 4.79 Å². The first-order valence-corrected chi connectivity index (χ1v) is 11.1. The molecule has 3 aromatic rings. The van der Waals surface area contributed by atoms with Crippen LogP contribution in [0, 0.1) is 13.8 Å². The van der Waals surface area contributed by atoms with Gasteiger partial charge in [-0.1, -0.05) is 24.3 Å². The molecule has 8 nitrogen and oxygen atoms in total. The van der Waals surface area contributed by atoms with E-state index in [-0.39, 0.29) is 25.1 Å². The standard InChI is InChI=1S/C26H25NO7/c1-16-11-19(17(2)27(16)12-18-13-30-21-7-3-5-9-23(21)33-18)20(28)14-32-26(29)25-15-31-22-8-4-6-10-24(22)34-25/h3-11,18,25H,12-15H2,1-2H3/t18-,25+/m1/s1. The van der Waals surface area contributed by atoms with Gasteiger partial charge in [-0.15, -0.1) is 0 Å². The fourth-order valence-electron chi connectivity index (χ4n) is 4.16. The summed E-state index contributed by atoms with van der Waals surface area (Å²) in [5, 5.41) is 0. The fourth-order valence-corrected chi connectivity index (χ4v) is 4.16. The molecule has 0 amide bonds. The summed E-state index contributed by atoms with van der Waals surface area (Å²) >= 11 is 0. The van der Waals surface area contributed by atoms with E-state index in [0.29, 0.717) is 36.0 Å². The zero-order valence-corrected chi connectivity index (χ0v) is 19.0. The molecule has 2 aromatic carbocycles. The number of rotatable bonds is 6. The van der Waals surface area contributed by atoms with Gasteiger partial charge in [-0.2, -0.15) is 0 Å². The lowest BCUT2D eigenvalue weighted by Crippen LogP contribution is -2.38. The van der Waals surface area contributed by atoms with Gasteiger partial charge in [0.25, 0.3) is 0 Å². The second-order valence-electron chi connectivity index (χ2n) is 8.29. The Hall–Kier alpha value is -3.94. The minimum absolute atomic E-state index is 0.0329. The molecule has 0 saturated heterocycles. The summed E-state index contributed by atoms with van der Waals surface area (Å²) in [5.41, 5.74) is 2.20. The molecular weight excluding hydrogens is 438 g/mol. The molecule has 5 rings (SSSR count). The average molecular weight is 463 g/mol. The zero-order valence-electron chi connectivity index (χ0n) is 19.0. The molecule has 0 fully saturated rings. The van der Waals surface area contributed by atoms with Crippen molar-refractivity contribution in [2.24, 2.45) is 0 Å². The van der Waals surface area contributed by atoms with Crippen LogP contribution in [0.15, 0.2) is 54.6 Å². The van der Waals surface area contributed by atoms with Crippen LogP contribution in [-0.2, 0) is 16.1 Å². The lowest BCUT2D eigenvalue weighted by molar-refractivity contribution is -0.153. The molecule has 0 radical (unpaired) electrons. The Morgan fingerprint density at radius 2 is 1.53 bits per heavy atom. The van der Waals surface area contributed by atoms with Gasteiger partial charge < -0.3 is 28.3 Å². The van der Waals surface area contributed by atoms with Crippen LogP contribution >= 0.6 is 0 Å². The minimum Gasteiger partial charge on any atom is -0.486 e. The van der Waals surface area contributed by atoms with Gasteiger partial charge >= 0.3 is 5.97 Å². The number of fused-ring (bicyclic) bond motifs is 2. The van der Waals surface area contributed by atoms with E-state index in [9.17, 15) is 9.59 Å². The van der Waals surface area contributed by atoms with Crippen molar-refractivity contribution in [2.75, 3.05) is 19.8 Å². The van der Waals surface area contributed by atoms with E-state index < -0.39 is 12.1 Å². The number of hydrogen-bond donors (Lipinski definition) is 0. The van der Waals surface area contributed by atoms with Crippen molar-refractivity contribution < 1.29 is 33.3 Å². The third-order valence-electron chi connectivity index (χ3n) is 5.94. The van der Waals surface area contributed by atoms with Gasteiger partial charge in [0.05, 0.1) is 6.54 Å². The number of para-hydroxylation sites is 4. The van der Waals surface area contributed by atoms with E-state index in [1.165, 1.54) is 0 Å². The van der Waals surface area contributed by atoms with E-state index in [0.717, 1.165) is 17.1 Å². The first-order valence-electron chi connectivity index (χ1n) is 11.1. The Balaban J connectivity index is 1.20. The summed E-state index contributed by atoms with van der Waals surface area (Å²) < 4.78 is 30.3. The molecule has 0 spiro atoms. The quantitative estimate of drug-likeness (QED) is 0.409. The van der Waals surface area contributed by atoms with Crippen LogP contribution in [0.2, 0.25) is 0 Å². The summed E-state index contributed by atoms with van der Waals surface area (Å²) in [5.74, 6) is 1.57. The van der Waals surface area contributed by atoms with Gasteiger partial charge in [0.15, 0.2) is 35.7 Å². The molecule has 2 aliphatic rings. The van der Waals surface area contributed by atoms with Crippen LogP contribution in [-0.4, -0.2) is 48.3 Å². The molecule has 8 heteroatoms. The maximum atomic E-state index is 12.9. The second kappa shape index (κ2) is 9.13. The molecule has 2 atom stereocenters. The molecule has 3 heterocycles. The largest absolute Gasteiger partial charge is 0.486 e. The Bertz CT molecular complexity index is 1230. The Labute approximate surface area is 196 Å². The van der Waals surface area contributed by atoms with E-state index in [2.05, 4.69) is 0 Å². The highest BCUT2D eigenvalue weighted by molar-refractivity contribution is 5.99. The van der Waals surface area contributed by atoms with Crippen LogP contribution in [0.4, 0.5) is 0 Å². The summed E-state index contributed by atoms with van der Waals surface area (Å²) in [4.78, 5) is 25.3. The number of ether oxygens (including phenoxy) is 5. The van der Waals surface area contributed by atoms with Crippen molar-refractivity contribution >= 4 is 11.8 Å². The van der Waals surface area contributed by atoms with Gasteiger partial charge in [0, 0.05) is 17.0 Å². The molecule has 0 aliphatic carbocycles. The first kappa shape index (κ1) is 21.9. The zero-order chi connectivity index (χ0) is 23.7. The number of Topliss-reactive ketones (excluding diaryl/α,β-unsaturated/α-hetero) is 1. The predicted molar refractivity (Wildman–Crippen MR) is 122 cm³/mol. The number of benzene rings is 2. The predicted octanol–water partition coefficient (Wildman–Crippen LogP) is 3.51. The smallest absolute Gasteiger partial charge is 0.351 e. The van der Waals surface area contributed by atoms with Gasteiger partial charge in [-0.05, 0) is 44.2 Å². The third kappa shape index (κ3) is 4.31. The number of carbonyl (C=O) groups excluding carboxylic acids is 2. The minimum atomic E-state index is -0.915. The van der Waals surface area contributed by atoms with Gasteiger partial charge in [-0.3, -0.25) is 4.79 Å². The monoisotopic (exact) mass is 463 g/mol. The van der Waals surface area contributed by atoms with Crippen molar-refractivity contribution in [1.29, 1.82) is 0 Å². The molecule has 34 heavy (non-hydrogen) atoms. The van der Waals surface area contributed by atoms with Gasteiger partial charge in [0.2, 0.25) is 11.9 Å². The number of aromatic nitrogens is 1. The lowest BCUT2D eigenvalue weighted by Gasteiger charge is -2.27. The van der Waals surface area contributed by atoms with Crippen LogP contribution in [0.3, 0.4) is 0 Å². The molecule has 0 saturated carbocycles. The Morgan fingerprint density at radius 3 is 2.24 bits per heavy atom. The van der Waals surface area contributed by atoms with Crippen molar-refractivity contribution in [3.05, 3.63) is 71.5 Å². The van der Waals surface area contributed by atoms with E-state index in [1.807, 2.05) is 48.7 Å². The van der Waals surface area contributed by atoms with Crippen LogP contribution in [0.1, 0.15) is 21.7 Å². The summed E-state index contributed by atoms with van der Waals surface area (Å²) in [7, 11) is 0. The van der Waals surface area contributed by atoms with E-state index in [1.54, 1.807) is 24.3 Å². The highest BCUT2D eigenvalue weighted by atomic mass is 16.6. The maximum Gasteiger partial charge on any atom is 0.351 e. The molecular formula is C26H25NO7. The van der Waals surface area contributed by atoms with E-state index >= 15 is 0 Å². The third-order valence-corrected chi connectivity index (χ3v) is 5.94. The molecule has 176 valence electrons. The van der Waals surface area contributed by atoms with E-state index in [4.69, 9.17) is 23.7 Å². The summed E-state index contributed by atoms with van der Waals surface area (Å²) in [6.45, 7) is 4.41. The second-order valence-corrected chi connectivity index (χ2v) is 8.29. The van der Waals surface area contributed by atoms with Gasteiger partial charge in [0.1, 0.15) is 13.2 Å². The highest BCUT2D eigenvalue weighted by Gasteiger charge is 2.30. The number of esters is 1. The number of hydrogen-bond acceptors (Lipinski definition) is 7. The van der Waals surface area contributed by atoms with Crippen LogP contribution in [0.5, 0.6) is 23.0 Å². The average Bonchev–Trinajstić information content (AvgIpc) is 3.15. The Kier molecular flexibility index (Phi) is 5.88. The number of aryl methyl sites for hydroxylation is 1. The lowest BCUT2D eigenvalue weighted by atomic mass is 10.1. The summed E-state index contributed by atoms with van der Waals surface area (Å²) in [6, 6.07) is 16.4. The molecule has 0 N–H and O–H groups in total. The molecule has 2 aliphatic heterocycles. The SMILES string of the molecule is Cc1cc(C(=O)COC(=O)[C@@H]2COc3ccccc3O2)c(C)n1C[C@@H]1COc2ccccc2O1.